The van der Waals surface area contributed by atoms with E-state index in [4.69, 9.17) is 4.74 Å². The Morgan fingerprint density at radius 1 is 0.852 bits per heavy atom. The van der Waals surface area contributed by atoms with Crippen LogP contribution in [0.2, 0.25) is 0 Å². The van der Waals surface area contributed by atoms with Crippen LogP contribution in [-0.4, -0.2) is 23.3 Å². The van der Waals surface area contributed by atoms with Gasteiger partial charge in [0, 0.05) is 11.8 Å². The maximum absolute atomic E-state index is 12.3. The van der Waals surface area contributed by atoms with Crippen LogP contribution in [-0.2, 0) is 9.53 Å². The number of carbonyl (C=O) groups excluding carboxylic acids is 1. The van der Waals surface area contributed by atoms with Gasteiger partial charge in [0.1, 0.15) is 6.10 Å². The number of aliphatic hydroxyl groups is 1. The average Bonchev–Trinajstić information content (AvgIpc) is 2.69. The van der Waals surface area contributed by atoms with Crippen molar-refractivity contribution >= 4 is 5.97 Å². The van der Waals surface area contributed by atoms with Gasteiger partial charge >= 0.3 is 5.97 Å². The van der Waals surface area contributed by atoms with E-state index in [0.717, 1.165) is 57.3 Å². The molecule has 0 aromatic carbocycles. The normalized spacial score (nSPS) is 37.1. The van der Waals surface area contributed by atoms with Crippen LogP contribution in [0.25, 0.3) is 0 Å². The first-order valence-electron chi connectivity index (χ1n) is 11.5. The maximum atomic E-state index is 12.3. The molecule has 3 aliphatic carbocycles. The SMILES string of the molecule is CCCC1CCC(C#CC2CCC(OC(=O)C3CCC(O)CC3)CC2)CC1. The van der Waals surface area contributed by atoms with Crippen molar-refractivity contribution in [2.45, 2.75) is 109 Å². The van der Waals surface area contributed by atoms with Gasteiger partial charge in [0.05, 0.1) is 12.0 Å². The summed E-state index contributed by atoms with van der Waals surface area (Å²) in [4.78, 5) is 12.3. The van der Waals surface area contributed by atoms with Crippen molar-refractivity contribution in [1.29, 1.82) is 0 Å². The van der Waals surface area contributed by atoms with Gasteiger partial charge in [-0.05, 0) is 83.0 Å². The molecule has 3 rings (SSSR count). The number of hydrogen-bond acceptors (Lipinski definition) is 3. The standard InChI is InChI=1S/C24H38O3/c1-2-3-18-4-6-19(7-5-18)8-9-20-10-16-23(17-11-20)27-24(26)21-12-14-22(25)15-13-21/h18-23,25H,2-7,10-17H2,1H3. The van der Waals surface area contributed by atoms with E-state index in [1.54, 1.807) is 0 Å². The molecule has 152 valence electrons. The number of aliphatic hydroxyl groups excluding tert-OH is 1. The number of ether oxygens (including phenoxy) is 1. The van der Waals surface area contributed by atoms with E-state index in [-0.39, 0.29) is 24.1 Å². The quantitative estimate of drug-likeness (QED) is 0.540. The monoisotopic (exact) mass is 374 g/mol. The van der Waals surface area contributed by atoms with E-state index in [9.17, 15) is 9.90 Å². The second-order valence-electron chi connectivity index (χ2n) is 9.21. The van der Waals surface area contributed by atoms with Crippen LogP contribution in [0.4, 0.5) is 0 Å². The van der Waals surface area contributed by atoms with Crippen molar-refractivity contribution in [3.63, 3.8) is 0 Å². The fourth-order valence-corrected chi connectivity index (χ4v) is 5.14. The van der Waals surface area contributed by atoms with Gasteiger partial charge < -0.3 is 9.84 Å². The molecule has 0 heterocycles. The predicted octanol–water partition coefficient (Wildman–Crippen LogP) is 5.25. The van der Waals surface area contributed by atoms with E-state index in [1.165, 1.54) is 38.5 Å². The zero-order valence-corrected chi connectivity index (χ0v) is 17.1. The Hall–Kier alpha value is -1.01. The molecule has 3 heteroatoms. The van der Waals surface area contributed by atoms with Gasteiger partial charge in [0.15, 0.2) is 0 Å². The summed E-state index contributed by atoms with van der Waals surface area (Å²) in [7, 11) is 0. The molecule has 0 saturated heterocycles. The zero-order chi connectivity index (χ0) is 19.1. The van der Waals surface area contributed by atoms with E-state index >= 15 is 0 Å². The fourth-order valence-electron chi connectivity index (χ4n) is 5.14. The minimum absolute atomic E-state index is 0.00810. The first kappa shape index (κ1) is 20.7. The number of rotatable bonds is 4. The molecule has 0 unspecified atom stereocenters. The summed E-state index contributed by atoms with van der Waals surface area (Å²) in [5.74, 6) is 9.20. The summed E-state index contributed by atoms with van der Waals surface area (Å²) in [5, 5.41) is 9.58. The molecule has 1 N–H and O–H groups in total. The third kappa shape index (κ3) is 6.53. The lowest BCUT2D eigenvalue weighted by Crippen LogP contribution is -2.30. The van der Waals surface area contributed by atoms with Crippen molar-refractivity contribution in [3.8, 4) is 11.8 Å². The molecule has 0 aromatic rings. The smallest absolute Gasteiger partial charge is 0.309 e. The highest BCUT2D eigenvalue weighted by Crippen LogP contribution is 2.32. The van der Waals surface area contributed by atoms with Gasteiger partial charge in [0.25, 0.3) is 0 Å². The summed E-state index contributed by atoms with van der Waals surface area (Å²) in [5.41, 5.74) is 0. The van der Waals surface area contributed by atoms with Gasteiger partial charge in [-0.25, -0.2) is 0 Å². The molecule has 0 aromatic heterocycles. The van der Waals surface area contributed by atoms with Gasteiger partial charge in [-0.3, -0.25) is 4.79 Å². The molecule has 0 bridgehead atoms. The minimum Gasteiger partial charge on any atom is -0.462 e. The van der Waals surface area contributed by atoms with Crippen molar-refractivity contribution in [3.05, 3.63) is 0 Å². The van der Waals surface area contributed by atoms with Crippen molar-refractivity contribution < 1.29 is 14.6 Å². The Labute approximate surface area is 165 Å². The summed E-state index contributed by atoms with van der Waals surface area (Å²) < 4.78 is 5.77. The van der Waals surface area contributed by atoms with E-state index in [1.807, 2.05) is 0 Å². The van der Waals surface area contributed by atoms with Crippen LogP contribution in [0.5, 0.6) is 0 Å². The lowest BCUT2D eigenvalue weighted by atomic mass is 9.80. The molecular weight excluding hydrogens is 336 g/mol. The van der Waals surface area contributed by atoms with Crippen molar-refractivity contribution in [2.24, 2.45) is 23.7 Å². The summed E-state index contributed by atoms with van der Waals surface area (Å²) in [6.07, 6.45) is 15.0. The summed E-state index contributed by atoms with van der Waals surface area (Å²) in [6, 6.07) is 0. The molecule has 3 nitrogen and oxygen atoms in total. The molecule has 0 spiro atoms. The highest BCUT2D eigenvalue weighted by molar-refractivity contribution is 5.72. The van der Waals surface area contributed by atoms with E-state index < -0.39 is 0 Å². The van der Waals surface area contributed by atoms with Crippen molar-refractivity contribution in [2.75, 3.05) is 0 Å². The molecule has 3 aliphatic rings. The van der Waals surface area contributed by atoms with Crippen LogP contribution in [0, 0.1) is 35.5 Å². The molecule has 0 aliphatic heterocycles. The van der Waals surface area contributed by atoms with Crippen LogP contribution < -0.4 is 0 Å². The lowest BCUT2D eigenvalue weighted by Gasteiger charge is -2.29. The lowest BCUT2D eigenvalue weighted by molar-refractivity contribution is -0.157. The Morgan fingerprint density at radius 2 is 1.41 bits per heavy atom. The van der Waals surface area contributed by atoms with E-state index in [0.29, 0.717) is 11.8 Å². The second kappa shape index (κ2) is 10.5. The van der Waals surface area contributed by atoms with Crippen LogP contribution in [0.15, 0.2) is 0 Å². The number of carbonyl (C=O) groups is 1. The molecule has 0 radical (unpaired) electrons. The Bertz CT molecular complexity index is 507. The molecule has 3 saturated carbocycles. The maximum Gasteiger partial charge on any atom is 0.309 e. The third-order valence-corrected chi connectivity index (χ3v) is 7.02. The van der Waals surface area contributed by atoms with Gasteiger partial charge in [-0.1, -0.05) is 31.6 Å². The highest BCUT2D eigenvalue weighted by atomic mass is 16.5. The molecule has 3 fully saturated rings. The first-order valence-corrected chi connectivity index (χ1v) is 11.5. The second-order valence-corrected chi connectivity index (χ2v) is 9.21. The Kier molecular flexibility index (Phi) is 8.07. The zero-order valence-electron chi connectivity index (χ0n) is 17.1. The van der Waals surface area contributed by atoms with Crippen LogP contribution >= 0.6 is 0 Å². The minimum atomic E-state index is -0.218. The van der Waals surface area contributed by atoms with E-state index in [2.05, 4.69) is 18.8 Å². The molecular formula is C24H38O3. The van der Waals surface area contributed by atoms with Crippen LogP contribution in [0.3, 0.4) is 0 Å². The molecule has 0 atom stereocenters. The fraction of sp³-hybridized carbons (Fsp3) is 0.875. The third-order valence-electron chi connectivity index (χ3n) is 7.02. The first-order chi connectivity index (χ1) is 13.1. The average molecular weight is 375 g/mol. The number of esters is 1. The summed E-state index contributed by atoms with van der Waals surface area (Å²) in [6.45, 7) is 2.29. The van der Waals surface area contributed by atoms with Gasteiger partial charge in [0.2, 0.25) is 0 Å². The Balaban J connectivity index is 1.34. The highest BCUT2D eigenvalue weighted by Gasteiger charge is 2.30. The van der Waals surface area contributed by atoms with Gasteiger partial charge in [-0.15, -0.1) is 0 Å². The largest absolute Gasteiger partial charge is 0.462 e. The summed E-state index contributed by atoms with van der Waals surface area (Å²) >= 11 is 0. The topological polar surface area (TPSA) is 46.5 Å². The van der Waals surface area contributed by atoms with Gasteiger partial charge in [-0.2, -0.15) is 0 Å². The molecule has 27 heavy (non-hydrogen) atoms. The predicted molar refractivity (Wildman–Crippen MR) is 108 cm³/mol. The molecule has 0 amide bonds. The van der Waals surface area contributed by atoms with Crippen molar-refractivity contribution in [1.82, 2.24) is 0 Å². The number of hydrogen-bond donors (Lipinski definition) is 1. The van der Waals surface area contributed by atoms with Crippen LogP contribution in [0.1, 0.15) is 96.8 Å². The Morgan fingerprint density at radius 3 is 1.96 bits per heavy atom.